The zero-order valence-corrected chi connectivity index (χ0v) is 18.8. The quantitative estimate of drug-likeness (QED) is 0.468. The van der Waals surface area contributed by atoms with Crippen LogP contribution >= 0.6 is 0 Å². The molecule has 2 aliphatic rings. The Hall–Kier alpha value is -3.28. The van der Waals surface area contributed by atoms with E-state index >= 15 is 0 Å². The van der Waals surface area contributed by atoms with Gasteiger partial charge in [-0.1, -0.05) is 0 Å². The second kappa shape index (κ2) is 9.69. The number of ether oxygens (including phenoxy) is 4. The van der Waals surface area contributed by atoms with Crippen molar-refractivity contribution in [2.24, 2.45) is 0 Å². The van der Waals surface area contributed by atoms with Gasteiger partial charge in [-0.25, -0.2) is 15.0 Å². The van der Waals surface area contributed by atoms with Crippen LogP contribution in [-0.2, 0) is 33.3 Å². The molecule has 4 rings (SSSR count). The van der Waals surface area contributed by atoms with Crippen molar-refractivity contribution in [3.8, 4) is 0 Å². The first-order valence-corrected chi connectivity index (χ1v) is 10.9. The van der Waals surface area contributed by atoms with Crippen LogP contribution in [0.4, 0.5) is 5.82 Å². The van der Waals surface area contributed by atoms with E-state index < -0.39 is 42.4 Å². The van der Waals surface area contributed by atoms with Gasteiger partial charge in [0.1, 0.15) is 6.33 Å². The minimum Gasteiger partial charge on any atom is -0.456 e. The summed E-state index contributed by atoms with van der Waals surface area (Å²) in [7, 11) is 0. The predicted molar refractivity (Wildman–Crippen MR) is 113 cm³/mol. The molecular weight excluding hydrogens is 434 g/mol. The van der Waals surface area contributed by atoms with Crippen molar-refractivity contribution >= 4 is 34.9 Å². The number of rotatable bonds is 5. The van der Waals surface area contributed by atoms with Crippen molar-refractivity contribution in [1.82, 2.24) is 19.5 Å². The molecule has 4 atom stereocenters. The number of carbonyl (C=O) groups excluding carboxylic acids is 3. The highest BCUT2D eigenvalue weighted by Crippen LogP contribution is 2.34. The number of hydrogen-bond acceptors (Lipinski definition) is 11. The van der Waals surface area contributed by atoms with Crippen LogP contribution in [0.2, 0.25) is 0 Å². The monoisotopic (exact) mass is 461 g/mol. The Morgan fingerprint density at radius 1 is 0.909 bits per heavy atom. The van der Waals surface area contributed by atoms with Crippen molar-refractivity contribution < 1.29 is 33.3 Å². The fourth-order valence-corrected chi connectivity index (χ4v) is 4.32. The maximum absolute atomic E-state index is 11.9. The molecule has 2 aromatic rings. The Bertz CT molecular complexity index is 1040. The Kier molecular flexibility index (Phi) is 6.72. The lowest BCUT2D eigenvalue weighted by Crippen LogP contribution is -2.55. The second-order valence-electron chi connectivity index (χ2n) is 8.09. The van der Waals surface area contributed by atoms with Crippen molar-refractivity contribution in [3.63, 3.8) is 0 Å². The van der Waals surface area contributed by atoms with E-state index in [0.29, 0.717) is 11.2 Å². The molecule has 12 nitrogen and oxygen atoms in total. The zero-order chi connectivity index (χ0) is 23.5. The Balaban J connectivity index is 1.72. The van der Waals surface area contributed by atoms with Gasteiger partial charge in [-0.15, -0.1) is 0 Å². The molecule has 178 valence electrons. The van der Waals surface area contributed by atoms with Gasteiger partial charge < -0.3 is 23.8 Å². The third-order valence-electron chi connectivity index (χ3n) is 5.59. The minimum absolute atomic E-state index is 0.0797. The summed E-state index contributed by atoms with van der Waals surface area (Å²) in [5.41, 5.74) is 1.08. The largest absolute Gasteiger partial charge is 0.456 e. The van der Waals surface area contributed by atoms with Crippen molar-refractivity contribution in [1.29, 1.82) is 0 Å². The highest BCUT2D eigenvalue weighted by atomic mass is 16.6. The van der Waals surface area contributed by atoms with Crippen LogP contribution in [0.15, 0.2) is 12.7 Å². The van der Waals surface area contributed by atoms with Gasteiger partial charge in [0.05, 0.1) is 12.9 Å². The summed E-state index contributed by atoms with van der Waals surface area (Å²) >= 11 is 0. The highest BCUT2D eigenvalue weighted by Gasteiger charge is 2.48. The SMILES string of the molecule is CC(=O)O[C@@H]1[C@H](OC(C)=O)[C@@H](OC(C)=O)CO[C@@H]1n1cnc2c(N3CCCCC3)ncnc21. The summed E-state index contributed by atoms with van der Waals surface area (Å²) in [6.45, 7) is 5.38. The molecule has 2 aromatic heterocycles. The first-order valence-electron chi connectivity index (χ1n) is 10.9. The molecule has 0 aliphatic carbocycles. The molecule has 0 aromatic carbocycles. The van der Waals surface area contributed by atoms with Crippen LogP contribution in [0, 0.1) is 0 Å². The van der Waals surface area contributed by atoms with E-state index in [4.69, 9.17) is 18.9 Å². The molecule has 12 heteroatoms. The van der Waals surface area contributed by atoms with Gasteiger partial charge in [-0.2, -0.15) is 0 Å². The minimum atomic E-state index is -1.10. The molecule has 0 spiro atoms. The smallest absolute Gasteiger partial charge is 0.303 e. The molecule has 0 radical (unpaired) electrons. The molecule has 0 amide bonds. The first kappa shape index (κ1) is 22.9. The van der Waals surface area contributed by atoms with Gasteiger partial charge in [0.25, 0.3) is 0 Å². The summed E-state index contributed by atoms with van der Waals surface area (Å²) in [5, 5.41) is 0. The first-order chi connectivity index (χ1) is 15.8. The number of carbonyl (C=O) groups is 3. The molecule has 33 heavy (non-hydrogen) atoms. The summed E-state index contributed by atoms with van der Waals surface area (Å²) in [6, 6.07) is 0. The number of fused-ring (bicyclic) bond motifs is 1. The number of anilines is 1. The number of aromatic nitrogens is 4. The predicted octanol–water partition coefficient (Wildman–Crippen LogP) is 1.14. The standard InChI is InChI=1S/C21H27N5O7/c1-12(27)31-15-9-30-21(18(33-14(3)29)17(15)32-13(2)28)26-11-24-16-19(22-10-23-20(16)26)25-7-5-4-6-8-25/h10-11,15,17-18,21H,4-9H2,1-3H3/t15-,17+,18+,21-/m0/s1. The Labute approximate surface area is 190 Å². The third-order valence-corrected chi connectivity index (χ3v) is 5.59. The normalized spacial score (nSPS) is 25.5. The van der Waals surface area contributed by atoms with Crippen molar-refractivity contribution in [3.05, 3.63) is 12.7 Å². The fourth-order valence-electron chi connectivity index (χ4n) is 4.32. The van der Waals surface area contributed by atoms with Gasteiger partial charge in [-0.3, -0.25) is 19.0 Å². The van der Waals surface area contributed by atoms with Crippen molar-refractivity contribution in [2.45, 2.75) is 64.6 Å². The fraction of sp³-hybridized carbons (Fsp3) is 0.619. The summed E-state index contributed by atoms with van der Waals surface area (Å²) in [5.74, 6) is -1.07. The maximum atomic E-state index is 11.9. The number of hydrogen-bond donors (Lipinski definition) is 0. The van der Waals surface area contributed by atoms with Gasteiger partial charge in [0, 0.05) is 33.9 Å². The molecule has 0 N–H and O–H groups in total. The van der Waals surface area contributed by atoms with E-state index in [1.165, 1.54) is 39.8 Å². The van der Waals surface area contributed by atoms with E-state index in [0.717, 1.165) is 31.7 Å². The van der Waals surface area contributed by atoms with Crippen molar-refractivity contribution in [2.75, 3.05) is 24.6 Å². The lowest BCUT2D eigenvalue weighted by atomic mass is 10.0. The van der Waals surface area contributed by atoms with E-state index in [9.17, 15) is 14.4 Å². The summed E-state index contributed by atoms with van der Waals surface area (Å²) in [4.78, 5) is 50.8. The summed E-state index contributed by atoms with van der Waals surface area (Å²) < 4.78 is 23.8. The van der Waals surface area contributed by atoms with E-state index in [1.54, 1.807) is 4.57 Å². The molecular formula is C21H27N5O7. The van der Waals surface area contributed by atoms with Crippen LogP contribution in [0.3, 0.4) is 0 Å². The third kappa shape index (κ3) is 4.90. The van der Waals surface area contributed by atoms with Crippen LogP contribution in [0.1, 0.15) is 46.3 Å². The van der Waals surface area contributed by atoms with Gasteiger partial charge in [0.2, 0.25) is 0 Å². The van der Waals surface area contributed by atoms with Gasteiger partial charge >= 0.3 is 17.9 Å². The molecule has 2 saturated heterocycles. The highest BCUT2D eigenvalue weighted by molar-refractivity contribution is 5.83. The second-order valence-corrected chi connectivity index (χ2v) is 8.09. The molecule has 2 fully saturated rings. The maximum Gasteiger partial charge on any atom is 0.303 e. The molecule has 0 saturated carbocycles. The average molecular weight is 461 g/mol. The van der Waals surface area contributed by atoms with E-state index in [-0.39, 0.29) is 6.61 Å². The Morgan fingerprint density at radius 2 is 1.58 bits per heavy atom. The summed E-state index contributed by atoms with van der Waals surface area (Å²) in [6.07, 6.45) is 2.29. The van der Waals surface area contributed by atoms with Crippen LogP contribution in [0.25, 0.3) is 11.2 Å². The zero-order valence-electron chi connectivity index (χ0n) is 18.8. The Morgan fingerprint density at radius 3 is 2.24 bits per heavy atom. The van der Waals surface area contributed by atoms with Crippen LogP contribution < -0.4 is 4.90 Å². The number of piperidine rings is 1. The molecule has 0 bridgehead atoms. The van der Waals surface area contributed by atoms with Gasteiger partial charge in [0.15, 0.2) is 41.5 Å². The van der Waals surface area contributed by atoms with E-state index in [2.05, 4.69) is 19.9 Å². The number of esters is 3. The van der Waals surface area contributed by atoms with E-state index in [1.807, 2.05) is 0 Å². The number of nitrogens with zero attached hydrogens (tertiary/aromatic N) is 5. The lowest BCUT2D eigenvalue weighted by Gasteiger charge is -2.40. The van der Waals surface area contributed by atoms with Crippen LogP contribution in [-0.4, -0.2) is 75.4 Å². The molecule has 2 aliphatic heterocycles. The lowest BCUT2D eigenvalue weighted by molar-refractivity contribution is -0.239. The van der Waals surface area contributed by atoms with Gasteiger partial charge in [-0.05, 0) is 19.3 Å². The average Bonchev–Trinajstić information content (AvgIpc) is 3.20. The molecule has 4 heterocycles. The molecule has 0 unspecified atom stereocenters. The van der Waals surface area contributed by atoms with Crippen LogP contribution in [0.5, 0.6) is 0 Å². The number of imidazole rings is 1. The topological polar surface area (TPSA) is 135 Å².